The Hall–Kier alpha value is -2.46. The number of aliphatic imine (C=N–C) groups is 1. The molecule has 0 saturated heterocycles. The van der Waals surface area contributed by atoms with E-state index in [9.17, 15) is 9.18 Å². The van der Waals surface area contributed by atoms with Crippen molar-refractivity contribution in [2.75, 3.05) is 0 Å². The lowest BCUT2D eigenvalue weighted by Gasteiger charge is -1.98. The molecular weight excluding hydrogens is 293 g/mol. The number of nitrogens with zero attached hydrogens (tertiary/aromatic N) is 1. The predicted octanol–water partition coefficient (Wildman–Crippen LogP) is 3.82. The lowest BCUT2D eigenvalue weighted by atomic mass is 10.2. The van der Waals surface area contributed by atoms with Gasteiger partial charge in [0, 0.05) is 10.6 Å². The highest BCUT2D eigenvalue weighted by Gasteiger charge is 2.24. The van der Waals surface area contributed by atoms with Crippen molar-refractivity contribution in [2.45, 2.75) is 0 Å². The van der Waals surface area contributed by atoms with Crippen LogP contribution in [0.25, 0.3) is 6.08 Å². The Kier molecular flexibility index (Phi) is 3.54. The van der Waals surface area contributed by atoms with Crippen LogP contribution in [-0.4, -0.2) is 11.9 Å². The summed E-state index contributed by atoms with van der Waals surface area (Å²) in [7, 11) is 0. The Labute approximate surface area is 125 Å². The van der Waals surface area contributed by atoms with E-state index in [2.05, 4.69) is 4.99 Å². The average molecular weight is 302 g/mol. The summed E-state index contributed by atoms with van der Waals surface area (Å²) in [5, 5.41) is 0.568. The molecule has 0 aromatic heterocycles. The van der Waals surface area contributed by atoms with Crippen LogP contribution in [0, 0.1) is 5.82 Å². The lowest BCUT2D eigenvalue weighted by Crippen LogP contribution is -2.05. The fourth-order valence-corrected chi connectivity index (χ4v) is 2.08. The molecule has 1 aliphatic heterocycles. The second-order valence-electron chi connectivity index (χ2n) is 4.40. The smallest absolute Gasteiger partial charge is 0.363 e. The van der Waals surface area contributed by atoms with Gasteiger partial charge >= 0.3 is 5.97 Å². The molecule has 0 radical (unpaired) electrons. The summed E-state index contributed by atoms with van der Waals surface area (Å²) in [6.45, 7) is 0. The largest absolute Gasteiger partial charge is 0.402 e. The van der Waals surface area contributed by atoms with Gasteiger partial charge in [-0.1, -0.05) is 23.7 Å². The van der Waals surface area contributed by atoms with Gasteiger partial charge in [0.2, 0.25) is 5.90 Å². The lowest BCUT2D eigenvalue weighted by molar-refractivity contribution is -0.129. The summed E-state index contributed by atoms with van der Waals surface area (Å²) >= 11 is 5.89. The van der Waals surface area contributed by atoms with Crippen LogP contribution in [0.5, 0.6) is 0 Å². The number of ether oxygens (including phenoxy) is 1. The topological polar surface area (TPSA) is 38.7 Å². The zero-order valence-corrected chi connectivity index (χ0v) is 11.5. The van der Waals surface area contributed by atoms with Gasteiger partial charge in [0.05, 0.1) is 0 Å². The number of carbonyl (C=O) groups excluding carboxylic acids is 1. The molecule has 0 N–H and O–H groups in total. The Bertz CT molecular complexity index is 766. The highest BCUT2D eigenvalue weighted by atomic mass is 35.5. The zero-order chi connectivity index (χ0) is 14.8. The van der Waals surface area contributed by atoms with Gasteiger partial charge in [0.25, 0.3) is 0 Å². The first kappa shape index (κ1) is 13.5. The summed E-state index contributed by atoms with van der Waals surface area (Å²) in [5.74, 6) is -0.749. The molecule has 3 rings (SSSR count). The Morgan fingerprint density at radius 3 is 2.62 bits per heavy atom. The third-order valence-corrected chi connectivity index (χ3v) is 3.10. The standard InChI is InChI=1S/C16H9ClFNO2/c17-12-3-1-2-10(8-12)9-14-16(20)21-15(19-14)11-4-6-13(18)7-5-11/h1-9H/b14-9-. The minimum atomic E-state index is -0.547. The molecule has 0 saturated carbocycles. The van der Waals surface area contributed by atoms with E-state index in [-0.39, 0.29) is 17.4 Å². The third kappa shape index (κ3) is 3.01. The first-order chi connectivity index (χ1) is 10.1. The van der Waals surface area contributed by atoms with Crippen LogP contribution in [0.15, 0.2) is 59.2 Å². The first-order valence-electron chi connectivity index (χ1n) is 6.16. The van der Waals surface area contributed by atoms with Gasteiger partial charge in [-0.05, 0) is 48.0 Å². The van der Waals surface area contributed by atoms with Crippen LogP contribution in [0.4, 0.5) is 4.39 Å². The number of cyclic esters (lactones) is 1. The van der Waals surface area contributed by atoms with Crippen LogP contribution >= 0.6 is 11.6 Å². The summed E-state index contributed by atoms with van der Waals surface area (Å²) in [6.07, 6.45) is 1.59. The van der Waals surface area contributed by atoms with Crippen molar-refractivity contribution in [3.8, 4) is 0 Å². The molecule has 3 nitrogen and oxygen atoms in total. The van der Waals surface area contributed by atoms with Crippen molar-refractivity contribution < 1.29 is 13.9 Å². The first-order valence-corrected chi connectivity index (χ1v) is 6.54. The summed E-state index contributed by atoms with van der Waals surface area (Å²) in [6, 6.07) is 12.6. The minimum Gasteiger partial charge on any atom is -0.402 e. The third-order valence-electron chi connectivity index (χ3n) is 2.86. The van der Waals surface area contributed by atoms with Crippen LogP contribution in [0.3, 0.4) is 0 Å². The molecule has 104 valence electrons. The number of hydrogen-bond donors (Lipinski definition) is 0. The number of benzene rings is 2. The Morgan fingerprint density at radius 1 is 1.14 bits per heavy atom. The molecule has 2 aromatic carbocycles. The number of hydrogen-bond acceptors (Lipinski definition) is 3. The maximum atomic E-state index is 12.9. The highest BCUT2D eigenvalue weighted by Crippen LogP contribution is 2.20. The van der Waals surface area contributed by atoms with Gasteiger partial charge in [-0.2, -0.15) is 0 Å². The minimum absolute atomic E-state index is 0.160. The second kappa shape index (κ2) is 5.50. The van der Waals surface area contributed by atoms with Crippen molar-refractivity contribution in [2.24, 2.45) is 4.99 Å². The molecule has 0 aliphatic carbocycles. The van der Waals surface area contributed by atoms with Crippen LogP contribution in [0.2, 0.25) is 5.02 Å². The second-order valence-corrected chi connectivity index (χ2v) is 4.83. The van der Waals surface area contributed by atoms with Gasteiger partial charge in [-0.15, -0.1) is 0 Å². The average Bonchev–Trinajstić information content (AvgIpc) is 2.81. The van der Waals surface area contributed by atoms with E-state index in [0.29, 0.717) is 10.6 Å². The molecule has 2 aromatic rings. The van der Waals surface area contributed by atoms with E-state index < -0.39 is 5.97 Å². The van der Waals surface area contributed by atoms with E-state index in [4.69, 9.17) is 16.3 Å². The van der Waals surface area contributed by atoms with E-state index in [1.54, 1.807) is 30.3 Å². The van der Waals surface area contributed by atoms with E-state index in [1.165, 1.54) is 24.3 Å². The fourth-order valence-electron chi connectivity index (χ4n) is 1.88. The normalized spacial score (nSPS) is 16.0. The number of halogens is 2. The van der Waals surface area contributed by atoms with Gasteiger partial charge in [0.15, 0.2) is 5.70 Å². The predicted molar refractivity (Wildman–Crippen MR) is 78.5 cm³/mol. The van der Waals surface area contributed by atoms with Crippen molar-refractivity contribution in [3.05, 3.63) is 76.2 Å². The van der Waals surface area contributed by atoms with Crippen molar-refractivity contribution >= 4 is 29.5 Å². The quantitative estimate of drug-likeness (QED) is 0.625. The molecule has 0 bridgehead atoms. The van der Waals surface area contributed by atoms with Crippen molar-refractivity contribution in [1.29, 1.82) is 0 Å². The maximum Gasteiger partial charge on any atom is 0.363 e. The maximum absolute atomic E-state index is 12.9. The Morgan fingerprint density at radius 2 is 1.90 bits per heavy atom. The van der Waals surface area contributed by atoms with Crippen LogP contribution < -0.4 is 0 Å². The molecule has 1 heterocycles. The number of rotatable bonds is 2. The van der Waals surface area contributed by atoms with Gasteiger partial charge in [0.1, 0.15) is 5.82 Å². The van der Waals surface area contributed by atoms with Gasteiger partial charge in [-0.3, -0.25) is 0 Å². The molecule has 5 heteroatoms. The monoisotopic (exact) mass is 301 g/mol. The number of carbonyl (C=O) groups is 1. The molecule has 0 fully saturated rings. The summed E-state index contributed by atoms with van der Waals surface area (Å²) in [4.78, 5) is 15.9. The number of esters is 1. The van der Waals surface area contributed by atoms with E-state index in [0.717, 1.165) is 5.56 Å². The van der Waals surface area contributed by atoms with Crippen LogP contribution in [0.1, 0.15) is 11.1 Å². The summed E-state index contributed by atoms with van der Waals surface area (Å²) in [5.41, 5.74) is 1.47. The molecule has 0 amide bonds. The molecule has 1 aliphatic rings. The van der Waals surface area contributed by atoms with Crippen molar-refractivity contribution in [1.82, 2.24) is 0 Å². The molecule has 0 spiro atoms. The Balaban J connectivity index is 1.93. The summed E-state index contributed by atoms with van der Waals surface area (Å²) < 4.78 is 18.0. The van der Waals surface area contributed by atoms with Crippen LogP contribution in [-0.2, 0) is 9.53 Å². The van der Waals surface area contributed by atoms with Gasteiger partial charge in [-0.25, -0.2) is 14.2 Å². The highest BCUT2D eigenvalue weighted by molar-refractivity contribution is 6.30. The SMILES string of the molecule is O=C1OC(c2ccc(F)cc2)=N/C1=C\c1cccc(Cl)c1. The molecule has 0 unspecified atom stereocenters. The molecular formula is C16H9ClFNO2. The van der Waals surface area contributed by atoms with Gasteiger partial charge < -0.3 is 4.74 Å². The van der Waals surface area contributed by atoms with E-state index in [1.807, 2.05) is 0 Å². The molecule has 0 atom stereocenters. The fraction of sp³-hybridized carbons (Fsp3) is 0. The van der Waals surface area contributed by atoms with Crippen molar-refractivity contribution in [3.63, 3.8) is 0 Å². The molecule has 21 heavy (non-hydrogen) atoms. The van der Waals surface area contributed by atoms with E-state index >= 15 is 0 Å². The zero-order valence-electron chi connectivity index (χ0n) is 10.7.